The van der Waals surface area contributed by atoms with Crippen molar-refractivity contribution in [3.8, 4) is 6.07 Å². The number of hydrogen-bond acceptors (Lipinski definition) is 8. The minimum absolute atomic E-state index is 0.133. The quantitative estimate of drug-likeness (QED) is 0.444. The lowest BCUT2D eigenvalue weighted by molar-refractivity contribution is -0.121. The molecular weight excluding hydrogens is 445 g/mol. The van der Waals surface area contributed by atoms with Crippen molar-refractivity contribution in [2.45, 2.75) is 51.5 Å². The van der Waals surface area contributed by atoms with Crippen LogP contribution in [0.25, 0.3) is 0 Å². The second-order valence-electron chi connectivity index (χ2n) is 7.77. The van der Waals surface area contributed by atoms with Crippen molar-refractivity contribution in [3.05, 3.63) is 36.0 Å². The van der Waals surface area contributed by atoms with E-state index in [2.05, 4.69) is 26.9 Å². The zero-order valence-corrected chi connectivity index (χ0v) is 19.6. The van der Waals surface area contributed by atoms with Crippen molar-refractivity contribution in [3.63, 3.8) is 0 Å². The highest BCUT2D eigenvalue weighted by atomic mass is 31.2. The molecule has 3 rings (SSSR count). The van der Waals surface area contributed by atoms with Crippen LogP contribution >= 0.6 is 7.60 Å². The van der Waals surface area contributed by atoms with Gasteiger partial charge < -0.3 is 19.7 Å². The molecule has 3 N–H and O–H groups in total. The van der Waals surface area contributed by atoms with E-state index in [4.69, 9.17) is 9.05 Å². The van der Waals surface area contributed by atoms with Crippen molar-refractivity contribution in [2.75, 3.05) is 18.5 Å². The number of benzene rings is 1. The van der Waals surface area contributed by atoms with Crippen LogP contribution in [-0.2, 0) is 18.4 Å². The fraction of sp³-hybridized carbons (Fsp3) is 0.455. The highest BCUT2D eigenvalue weighted by molar-refractivity contribution is 7.62. The summed E-state index contributed by atoms with van der Waals surface area (Å²) < 4.78 is 23.6. The van der Waals surface area contributed by atoms with Gasteiger partial charge in [0.2, 0.25) is 0 Å². The number of H-pyrrole nitrogens is 1. The van der Waals surface area contributed by atoms with Gasteiger partial charge in [-0.3, -0.25) is 19.3 Å². The summed E-state index contributed by atoms with van der Waals surface area (Å²) in [5.74, 6) is 0.131. The van der Waals surface area contributed by atoms with Crippen LogP contribution in [0.15, 0.2) is 30.5 Å². The number of amides is 1. The monoisotopic (exact) mass is 473 g/mol. The maximum Gasteiger partial charge on any atom is 0.361 e. The summed E-state index contributed by atoms with van der Waals surface area (Å²) in [6, 6.07) is 8.82. The number of carbonyl (C=O) groups is 2. The van der Waals surface area contributed by atoms with Crippen LogP contribution in [0.4, 0.5) is 11.5 Å². The number of aromatic nitrogens is 2. The standard InChI is InChI=1S/C22H28N5O5P/c1-3-31-33(30,32-4-2)18-7-5-16(6-8-18)25-20-19(15-24-27-20)21(29)26-22(13-14-23)11-9-17(28)10-12-22/h5-8,15H,3-4,9-13H2,1-2H3,(H,26,29)(H2,24,25,27). The van der Waals surface area contributed by atoms with Crippen molar-refractivity contribution < 1.29 is 23.2 Å². The van der Waals surface area contributed by atoms with E-state index < -0.39 is 13.1 Å². The largest absolute Gasteiger partial charge is 0.361 e. The molecule has 0 spiro atoms. The van der Waals surface area contributed by atoms with Gasteiger partial charge >= 0.3 is 7.60 Å². The van der Waals surface area contributed by atoms with Crippen LogP contribution in [0, 0.1) is 11.3 Å². The number of ketones is 1. The molecule has 0 bridgehead atoms. The van der Waals surface area contributed by atoms with Gasteiger partial charge in [-0.15, -0.1) is 0 Å². The molecule has 1 fully saturated rings. The third-order valence-corrected chi connectivity index (χ3v) is 7.62. The van der Waals surface area contributed by atoms with Gasteiger partial charge in [0.1, 0.15) is 17.2 Å². The molecule has 1 aliphatic rings. The molecular formula is C22H28N5O5P. The molecule has 1 aliphatic carbocycles. The van der Waals surface area contributed by atoms with E-state index in [-0.39, 0.29) is 36.9 Å². The second-order valence-corrected chi connectivity index (χ2v) is 9.80. The minimum atomic E-state index is -3.39. The van der Waals surface area contributed by atoms with Gasteiger partial charge in [-0.2, -0.15) is 10.4 Å². The lowest BCUT2D eigenvalue weighted by Gasteiger charge is -2.35. The van der Waals surface area contributed by atoms with Gasteiger partial charge in [-0.25, -0.2) is 0 Å². The van der Waals surface area contributed by atoms with Crippen LogP contribution in [0.3, 0.4) is 0 Å². The molecule has 0 saturated heterocycles. The Morgan fingerprint density at radius 2 is 1.85 bits per heavy atom. The molecule has 1 aromatic carbocycles. The molecule has 10 nitrogen and oxygen atoms in total. The third kappa shape index (κ3) is 5.88. The predicted octanol–water partition coefficient (Wildman–Crippen LogP) is 3.57. The smallest absolute Gasteiger partial charge is 0.345 e. The van der Waals surface area contributed by atoms with Gasteiger partial charge in [-0.05, 0) is 51.0 Å². The van der Waals surface area contributed by atoms with Gasteiger partial charge in [0, 0.05) is 18.5 Å². The Kier molecular flexibility index (Phi) is 8.03. The maximum atomic E-state index is 13.0. The number of carbonyl (C=O) groups excluding carboxylic acids is 2. The number of nitrogens with one attached hydrogen (secondary N) is 3. The molecule has 176 valence electrons. The summed E-state index contributed by atoms with van der Waals surface area (Å²) in [4.78, 5) is 24.6. The number of rotatable bonds is 10. The molecule has 0 atom stereocenters. The van der Waals surface area contributed by atoms with Crippen LogP contribution in [-0.4, -0.2) is 40.6 Å². The average Bonchev–Trinajstić information content (AvgIpc) is 3.25. The van der Waals surface area contributed by atoms with E-state index in [1.165, 1.54) is 6.20 Å². The number of nitrogens with zero attached hydrogens (tertiary/aromatic N) is 2. The van der Waals surface area contributed by atoms with Crippen LogP contribution in [0.5, 0.6) is 0 Å². The second kappa shape index (κ2) is 10.8. The van der Waals surface area contributed by atoms with Crippen LogP contribution in [0.1, 0.15) is 56.3 Å². The molecule has 0 radical (unpaired) electrons. The van der Waals surface area contributed by atoms with E-state index in [9.17, 15) is 19.4 Å². The Balaban J connectivity index is 1.74. The topological polar surface area (TPSA) is 146 Å². The summed E-state index contributed by atoms with van der Waals surface area (Å²) in [7, 11) is -3.39. The molecule has 33 heavy (non-hydrogen) atoms. The predicted molar refractivity (Wildman–Crippen MR) is 123 cm³/mol. The fourth-order valence-corrected chi connectivity index (χ4v) is 5.33. The number of hydrogen-bond donors (Lipinski definition) is 3. The van der Waals surface area contributed by atoms with E-state index in [0.717, 1.165) is 0 Å². The Hall–Kier alpha value is -2.99. The zero-order valence-electron chi connectivity index (χ0n) is 18.7. The van der Waals surface area contributed by atoms with Crippen molar-refractivity contribution >= 4 is 36.1 Å². The Morgan fingerprint density at radius 3 is 2.42 bits per heavy atom. The number of aromatic amines is 1. The van der Waals surface area contributed by atoms with Crippen LogP contribution in [0.2, 0.25) is 0 Å². The van der Waals surface area contributed by atoms with Crippen molar-refractivity contribution in [1.29, 1.82) is 5.26 Å². The third-order valence-electron chi connectivity index (χ3n) is 5.50. The maximum absolute atomic E-state index is 13.0. The highest BCUT2D eigenvalue weighted by Crippen LogP contribution is 2.46. The first-order valence-electron chi connectivity index (χ1n) is 10.9. The van der Waals surface area contributed by atoms with E-state index in [0.29, 0.717) is 42.5 Å². The molecule has 2 aromatic rings. The first kappa shape index (κ1) is 24.6. The molecule has 1 aromatic heterocycles. The molecule has 1 heterocycles. The zero-order chi connectivity index (χ0) is 23.9. The molecule has 1 amide bonds. The average molecular weight is 473 g/mol. The van der Waals surface area contributed by atoms with Crippen molar-refractivity contribution in [2.24, 2.45) is 0 Å². The van der Waals surface area contributed by atoms with Gasteiger partial charge in [0.15, 0.2) is 0 Å². The summed E-state index contributed by atoms with van der Waals surface area (Å²) in [5.41, 5.74) is 0.185. The molecule has 0 unspecified atom stereocenters. The summed E-state index contributed by atoms with van der Waals surface area (Å²) in [5, 5.41) is 22.5. The number of anilines is 2. The summed E-state index contributed by atoms with van der Waals surface area (Å²) in [6.45, 7) is 4.01. The van der Waals surface area contributed by atoms with Gasteiger partial charge in [0.25, 0.3) is 5.91 Å². The Bertz CT molecular complexity index is 1060. The lowest BCUT2D eigenvalue weighted by Crippen LogP contribution is -2.50. The normalized spacial score (nSPS) is 15.6. The summed E-state index contributed by atoms with van der Waals surface area (Å²) in [6.07, 6.45) is 3.10. The SMILES string of the molecule is CCOP(=O)(OCC)c1ccc(Nc2[nH]ncc2C(=O)NC2(CC#N)CCC(=O)CC2)cc1. The molecule has 1 saturated carbocycles. The van der Waals surface area contributed by atoms with Crippen LogP contribution < -0.4 is 15.9 Å². The van der Waals surface area contributed by atoms with E-state index in [1.807, 2.05) is 0 Å². The first-order chi connectivity index (χ1) is 15.8. The van der Waals surface area contributed by atoms with Gasteiger partial charge in [-0.1, -0.05) is 0 Å². The Morgan fingerprint density at radius 1 is 1.21 bits per heavy atom. The minimum Gasteiger partial charge on any atom is -0.345 e. The molecule has 11 heteroatoms. The molecule has 0 aliphatic heterocycles. The number of Topliss-reactive ketones (excluding diaryl/α,β-unsaturated/α-hetero) is 1. The Labute approximate surface area is 192 Å². The number of nitriles is 1. The van der Waals surface area contributed by atoms with Crippen molar-refractivity contribution in [1.82, 2.24) is 15.5 Å². The van der Waals surface area contributed by atoms with Gasteiger partial charge in [0.05, 0.1) is 42.7 Å². The highest BCUT2D eigenvalue weighted by Gasteiger charge is 2.37. The summed E-state index contributed by atoms with van der Waals surface area (Å²) >= 11 is 0. The lowest BCUT2D eigenvalue weighted by atomic mass is 9.79. The fourth-order valence-electron chi connectivity index (χ4n) is 3.76. The van der Waals surface area contributed by atoms with E-state index >= 15 is 0 Å². The van der Waals surface area contributed by atoms with E-state index in [1.54, 1.807) is 38.1 Å². The first-order valence-corrected chi connectivity index (χ1v) is 12.4.